The molecule has 0 spiro atoms. The minimum atomic E-state index is -0.525. The van der Waals surface area contributed by atoms with E-state index >= 15 is 0 Å². The summed E-state index contributed by atoms with van der Waals surface area (Å²) in [5.41, 5.74) is -0.524. The molecule has 0 saturated heterocycles. The number of nitrogens with one attached hydrogen (secondary N) is 1. The largest absolute Gasteiger partial charge is 0.458 e. The number of fused-ring (bicyclic) bond motifs is 1. The Kier molecular flexibility index (Phi) is 4.64. The van der Waals surface area contributed by atoms with Crippen LogP contribution in [0, 0.1) is 23.7 Å². The lowest BCUT2D eigenvalue weighted by atomic mass is 9.98. The molecule has 0 aromatic rings. The Balaban J connectivity index is 1.96. The predicted octanol–water partition coefficient (Wildman–Crippen LogP) is 2.91. The number of rotatable bonds is 5. The third-order valence-corrected chi connectivity index (χ3v) is 4.88. The summed E-state index contributed by atoms with van der Waals surface area (Å²) < 4.78 is 5.46. The van der Waals surface area contributed by atoms with E-state index in [9.17, 15) is 9.59 Å². The molecule has 0 bridgehead atoms. The van der Waals surface area contributed by atoms with Crippen LogP contribution in [0.4, 0.5) is 0 Å². The van der Waals surface area contributed by atoms with Gasteiger partial charge in [0, 0.05) is 5.92 Å². The Morgan fingerprint density at radius 2 is 1.81 bits per heavy atom. The minimum Gasteiger partial charge on any atom is -0.458 e. The molecule has 4 atom stereocenters. The van der Waals surface area contributed by atoms with Gasteiger partial charge in [0.1, 0.15) is 11.6 Å². The number of esters is 1. The van der Waals surface area contributed by atoms with Gasteiger partial charge >= 0.3 is 5.97 Å². The quantitative estimate of drug-likeness (QED) is 0.793. The normalized spacial score (nSPS) is 30.2. The fourth-order valence-electron chi connectivity index (χ4n) is 3.49. The van der Waals surface area contributed by atoms with Crippen molar-refractivity contribution in [3.63, 3.8) is 0 Å². The fraction of sp³-hybridized carbons (Fsp3) is 0.882. The zero-order chi connectivity index (χ0) is 15.8. The smallest absolute Gasteiger partial charge is 0.329 e. The van der Waals surface area contributed by atoms with E-state index in [1.807, 2.05) is 34.6 Å². The summed E-state index contributed by atoms with van der Waals surface area (Å²) in [7, 11) is 0. The molecular weight excluding hydrogens is 266 g/mol. The third-order valence-electron chi connectivity index (χ3n) is 4.88. The van der Waals surface area contributed by atoms with Gasteiger partial charge in [0.15, 0.2) is 0 Å². The molecule has 1 N–H and O–H groups in total. The summed E-state index contributed by atoms with van der Waals surface area (Å²) >= 11 is 0. The van der Waals surface area contributed by atoms with E-state index in [0.29, 0.717) is 11.8 Å². The Bertz CT molecular complexity index is 403. The second kappa shape index (κ2) is 5.98. The molecule has 2 saturated carbocycles. The highest BCUT2D eigenvalue weighted by atomic mass is 16.6. The molecule has 0 heterocycles. The van der Waals surface area contributed by atoms with Gasteiger partial charge in [0.25, 0.3) is 0 Å². The number of amides is 1. The molecule has 1 amide bonds. The molecule has 2 fully saturated rings. The first-order chi connectivity index (χ1) is 9.74. The number of hydrogen-bond donors (Lipinski definition) is 1. The number of carbonyl (C=O) groups is 2. The summed E-state index contributed by atoms with van der Waals surface area (Å²) in [4.78, 5) is 24.7. The van der Waals surface area contributed by atoms with E-state index < -0.39 is 11.6 Å². The summed E-state index contributed by atoms with van der Waals surface area (Å²) in [5, 5.41) is 2.97. The molecule has 21 heavy (non-hydrogen) atoms. The van der Waals surface area contributed by atoms with Crippen molar-refractivity contribution < 1.29 is 14.3 Å². The number of ether oxygens (including phenoxy) is 1. The summed E-state index contributed by atoms with van der Waals surface area (Å²) in [6.45, 7) is 9.58. The van der Waals surface area contributed by atoms with Crippen LogP contribution in [0.5, 0.6) is 0 Å². The van der Waals surface area contributed by atoms with Crippen molar-refractivity contribution in [1.82, 2.24) is 5.32 Å². The maximum absolute atomic E-state index is 12.4. The van der Waals surface area contributed by atoms with Gasteiger partial charge < -0.3 is 10.1 Å². The van der Waals surface area contributed by atoms with Crippen molar-refractivity contribution in [3.8, 4) is 0 Å². The first-order valence-electron chi connectivity index (χ1n) is 8.28. The van der Waals surface area contributed by atoms with Gasteiger partial charge in [0.2, 0.25) is 5.91 Å². The van der Waals surface area contributed by atoms with Crippen LogP contribution in [-0.2, 0) is 14.3 Å². The van der Waals surface area contributed by atoms with Crippen molar-refractivity contribution >= 4 is 11.9 Å². The predicted molar refractivity (Wildman–Crippen MR) is 81.6 cm³/mol. The van der Waals surface area contributed by atoms with Gasteiger partial charge in [-0.1, -0.05) is 26.7 Å². The van der Waals surface area contributed by atoms with Crippen LogP contribution in [0.15, 0.2) is 0 Å². The van der Waals surface area contributed by atoms with Crippen molar-refractivity contribution in [2.75, 3.05) is 0 Å². The van der Waals surface area contributed by atoms with Crippen LogP contribution in [0.2, 0.25) is 0 Å². The molecule has 120 valence electrons. The van der Waals surface area contributed by atoms with Crippen LogP contribution in [0.25, 0.3) is 0 Å². The van der Waals surface area contributed by atoms with Gasteiger partial charge in [-0.2, -0.15) is 0 Å². The monoisotopic (exact) mass is 295 g/mol. The topological polar surface area (TPSA) is 55.4 Å². The standard InChI is InChI=1S/C17H29NO3/c1-6-10(2)14(16(20)21-17(3,4)5)18-15(19)13-11-8-7-9-12(11)13/h10-14H,6-9H2,1-5H3,(H,18,19)/t10-,11?,12?,13?,14-/m0/s1. The van der Waals surface area contributed by atoms with Crippen molar-refractivity contribution in [2.24, 2.45) is 23.7 Å². The molecule has 0 radical (unpaired) electrons. The van der Waals surface area contributed by atoms with Gasteiger partial charge in [-0.05, 0) is 51.4 Å². The molecule has 2 aliphatic carbocycles. The Morgan fingerprint density at radius 3 is 2.29 bits per heavy atom. The SMILES string of the molecule is CC[C@H](C)[C@H](NC(=O)C1C2CCCC21)C(=O)OC(C)(C)C. The van der Waals surface area contributed by atoms with E-state index in [4.69, 9.17) is 4.74 Å². The molecule has 2 aliphatic rings. The lowest BCUT2D eigenvalue weighted by Crippen LogP contribution is -2.48. The van der Waals surface area contributed by atoms with Gasteiger partial charge in [-0.3, -0.25) is 4.79 Å². The van der Waals surface area contributed by atoms with Gasteiger partial charge in [-0.15, -0.1) is 0 Å². The lowest BCUT2D eigenvalue weighted by molar-refractivity contribution is -0.160. The Labute approximate surface area is 128 Å². The first-order valence-corrected chi connectivity index (χ1v) is 8.28. The Morgan fingerprint density at radius 1 is 1.24 bits per heavy atom. The molecule has 4 heteroatoms. The molecule has 2 unspecified atom stereocenters. The highest BCUT2D eigenvalue weighted by Gasteiger charge is 2.56. The molecule has 0 aliphatic heterocycles. The molecule has 2 rings (SSSR count). The number of carbonyl (C=O) groups excluding carboxylic acids is 2. The third kappa shape index (κ3) is 3.78. The van der Waals surface area contributed by atoms with E-state index in [0.717, 1.165) is 6.42 Å². The average molecular weight is 295 g/mol. The highest BCUT2D eigenvalue weighted by Crippen LogP contribution is 2.57. The summed E-state index contributed by atoms with van der Waals surface area (Å²) in [6.07, 6.45) is 4.42. The zero-order valence-electron chi connectivity index (χ0n) is 13.9. The van der Waals surface area contributed by atoms with Crippen LogP contribution < -0.4 is 5.32 Å². The maximum Gasteiger partial charge on any atom is 0.329 e. The van der Waals surface area contributed by atoms with Crippen LogP contribution >= 0.6 is 0 Å². The molecule has 0 aromatic carbocycles. The summed E-state index contributed by atoms with van der Waals surface area (Å²) in [6, 6.07) is -0.525. The Hall–Kier alpha value is -1.06. The maximum atomic E-state index is 12.4. The molecular formula is C17H29NO3. The summed E-state index contributed by atoms with van der Waals surface area (Å²) in [5.74, 6) is 1.12. The van der Waals surface area contributed by atoms with Gasteiger partial charge in [0.05, 0.1) is 0 Å². The highest BCUT2D eigenvalue weighted by molar-refractivity contribution is 5.88. The van der Waals surface area contributed by atoms with E-state index in [1.165, 1.54) is 19.3 Å². The van der Waals surface area contributed by atoms with Crippen molar-refractivity contribution in [1.29, 1.82) is 0 Å². The van der Waals surface area contributed by atoms with Crippen LogP contribution in [-0.4, -0.2) is 23.5 Å². The first kappa shape index (κ1) is 16.3. The average Bonchev–Trinajstić information content (AvgIpc) is 2.86. The lowest BCUT2D eigenvalue weighted by Gasteiger charge is -2.27. The van der Waals surface area contributed by atoms with E-state index in [1.54, 1.807) is 0 Å². The van der Waals surface area contributed by atoms with Gasteiger partial charge in [-0.25, -0.2) is 4.79 Å². The van der Waals surface area contributed by atoms with Crippen LogP contribution in [0.3, 0.4) is 0 Å². The van der Waals surface area contributed by atoms with Crippen molar-refractivity contribution in [2.45, 2.75) is 71.9 Å². The molecule has 4 nitrogen and oxygen atoms in total. The van der Waals surface area contributed by atoms with E-state index in [2.05, 4.69) is 5.32 Å². The number of hydrogen-bond acceptors (Lipinski definition) is 3. The second-order valence-corrected chi connectivity index (χ2v) is 7.69. The minimum absolute atomic E-state index is 0.0564. The fourth-order valence-corrected chi connectivity index (χ4v) is 3.49. The van der Waals surface area contributed by atoms with Crippen LogP contribution in [0.1, 0.15) is 60.3 Å². The second-order valence-electron chi connectivity index (χ2n) is 7.69. The molecule has 0 aromatic heterocycles. The zero-order valence-corrected chi connectivity index (χ0v) is 13.9. The van der Waals surface area contributed by atoms with Crippen molar-refractivity contribution in [3.05, 3.63) is 0 Å². The van der Waals surface area contributed by atoms with E-state index in [-0.39, 0.29) is 23.7 Å².